The van der Waals surface area contributed by atoms with Crippen molar-refractivity contribution in [2.24, 2.45) is 11.7 Å². The fourth-order valence-corrected chi connectivity index (χ4v) is 5.57. The number of primary amides is 1. The topological polar surface area (TPSA) is 83.7 Å². The highest BCUT2D eigenvalue weighted by Crippen LogP contribution is 2.43. The van der Waals surface area contributed by atoms with Gasteiger partial charge in [0.1, 0.15) is 5.82 Å². The number of halogens is 7. The molecule has 0 aromatic heterocycles. The summed E-state index contributed by atoms with van der Waals surface area (Å²) in [5.41, 5.74) is 2.89. The maximum atomic E-state index is 14.1. The molecule has 2 aromatic rings. The lowest BCUT2D eigenvalue weighted by Crippen LogP contribution is -2.51. The van der Waals surface area contributed by atoms with Gasteiger partial charge >= 0.3 is 24.2 Å². The van der Waals surface area contributed by atoms with Crippen molar-refractivity contribution in [3.05, 3.63) is 70.0 Å². The summed E-state index contributed by atoms with van der Waals surface area (Å²) in [4.78, 5) is 40.6. The van der Waals surface area contributed by atoms with Crippen LogP contribution < -0.4 is 5.73 Å². The van der Waals surface area contributed by atoms with E-state index < -0.39 is 70.9 Å². The summed E-state index contributed by atoms with van der Waals surface area (Å²) in [6.45, 7) is 2.86. The van der Waals surface area contributed by atoms with Gasteiger partial charge in [0.05, 0.1) is 17.2 Å². The van der Waals surface area contributed by atoms with Crippen LogP contribution in [0.1, 0.15) is 66.0 Å². The van der Waals surface area contributed by atoms with Crippen molar-refractivity contribution < 1.29 is 45.1 Å². The molecular weight excluding hydrogens is 559 g/mol. The van der Waals surface area contributed by atoms with Crippen molar-refractivity contribution in [2.75, 3.05) is 13.1 Å². The number of piperidine rings is 1. The highest BCUT2D eigenvalue weighted by Gasteiger charge is 2.46. The minimum absolute atomic E-state index is 0.0242. The number of nitrogens with two attached hydrogens (primary N) is 1. The van der Waals surface area contributed by atoms with Crippen molar-refractivity contribution in [1.29, 1.82) is 0 Å². The third-order valence-electron chi connectivity index (χ3n) is 7.76. The lowest BCUT2D eigenvalue weighted by atomic mass is 9.78. The predicted octanol–water partition coefficient (Wildman–Crippen LogP) is 5.34. The molecule has 1 saturated carbocycles. The Kier molecular flexibility index (Phi) is 8.12. The van der Waals surface area contributed by atoms with E-state index in [1.54, 1.807) is 6.92 Å². The third kappa shape index (κ3) is 6.48. The van der Waals surface area contributed by atoms with Gasteiger partial charge in [-0.25, -0.2) is 4.39 Å². The average Bonchev–Trinajstić information content (AvgIpc) is 3.71. The van der Waals surface area contributed by atoms with Crippen LogP contribution in [-0.4, -0.2) is 46.7 Å². The Morgan fingerprint density at radius 2 is 1.54 bits per heavy atom. The number of hydrogen-bond donors (Lipinski definition) is 1. The number of likely N-dealkylation sites (tertiary alicyclic amines) is 1. The summed E-state index contributed by atoms with van der Waals surface area (Å²) in [5.74, 6) is -4.79. The number of rotatable bonds is 5. The van der Waals surface area contributed by atoms with Gasteiger partial charge in [-0.3, -0.25) is 14.4 Å². The van der Waals surface area contributed by atoms with E-state index in [1.807, 2.05) is 0 Å². The van der Waals surface area contributed by atoms with Crippen molar-refractivity contribution in [3.8, 4) is 0 Å². The fourth-order valence-electron chi connectivity index (χ4n) is 5.57. The normalized spacial score (nSPS) is 20.5. The number of hydrogen-bond acceptors (Lipinski definition) is 3. The Morgan fingerprint density at radius 1 is 0.951 bits per heavy atom. The average molecular weight is 588 g/mol. The lowest BCUT2D eigenvalue weighted by Gasteiger charge is -2.42. The number of amides is 3. The van der Waals surface area contributed by atoms with Crippen molar-refractivity contribution >= 4 is 17.7 Å². The highest BCUT2D eigenvalue weighted by atomic mass is 19.4. The van der Waals surface area contributed by atoms with Gasteiger partial charge in [-0.15, -0.1) is 0 Å². The van der Waals surface area contributed by atoms with Gasteiger partial charge in [0.2, 0.25) is 5.91 Å². The van der Waals surface area contributed by atoms with E-state index in [2.05, 4.69) is 0 Å². The van der Waals surface area contributed by atoms with Crippen LogP contribution in [0.25, 0.3) is 0 Å². The smallest absolute Gasteiger partial charge is 0.361 e. The van der Waals surface area contributed by atoms with E-state index in [9.17, 15) is 45.1 Å². The van der Waals surface area contributed by atoms with Crippen LogP contribution in [0.4, 0.5) is 30.7 Å². The molecule has 2 aromatic carbocycles. The molecule has 6 nitrogen and oxygen atoms in total. The predicted molar refractivity (Wildman–Crippen MR) is 132 cm³/mol. The van der Waals surface area contributed by atoms with E-state index in [0.29, 0.717) is 36.1 Å². The Bertz CT molecular complexity index is 1320. The maximum Gasteiger partial charge on any atom is 0.416 e. The van der Waals surface area contributed by atoms with Gasteiger partial charge < -0.3 is 15.5 Å². The molecule has 3 amide bonds. The summed E-state index contributed by atoms with van der Waals surface area (Å²) in [5, 5.41) is 0. The van der Waals surface area contributed by atoms with E-state index in [0.717, 1.165) is 0 Å². The molecule has 1 saturated heterocycles. The minimum atomic E-state index is -5.05. The molecule has 41 heavy (non-hydrogen) atoms. The van der Waals surface area contributed by atoms with Crippen molar-refractivity contribution in [2.45, 2.75) is 63.5 Å². The van der Waals surface area contributed by atoms with E-state index in [-0.39, 0.29) is 31.1 Å². The monoisotopic (exact) mass is 587 g/mol. The van der Waals surface area contributed by atoms with Crippen molar-refractivity contribution in [3.63, 3.8) is 0 Å². The minimum Gasteiger partial charge on any atom is -0.361 e. The Labute approximate surface area is 231 Å². The summed E-state index contributed by atoms with van der Waals surface area (Å²) < 4.78 is 95.2. The van der Waals surface area contributed by atoms with E-state index >= 15 is 0 Å². The molecule has 222 valence electrons. The largest absolute Gasteiger partial charge is 0.416 e. The van der Waals surface area contributed by atoms with Crippen molar-refractivity contribution in [1.82, 2.24) is 9.80 Å². The second-order valence-corrected chi connectivity index (χ2v) is 10.6. The molecule has 1 heterocycles. The standard InChI is InChI=1S/C28H28F7N3O3/c1-14-9-19(29)3-6-21(14)23-13-37(26(41)24(36)39)8-7-22(23)25(40)38(20-4-5-20)15(2)16-10-17(27(30,31)32)12-18(11-16)28(33,34)35/h3,6,9-12,15,20,22-23H,4-5,7-8,13H2,1-2H3,(H2,36,39). The Hall–Kier alpha value is -3.64. The Balaban J connectivity index is 1.74. The number of benzene rings is 2. The second kappa shape index (κ2) is 11.0. The van der Waals surface area contributed by atoms with E-state index in [1.165, 1.54) is 34.9 Å². The van der Waals surface area contributed by atoms with Gasteiger partial charge in [-0.05, 0) is 80.1 Å². The number of alkyl halides is 6. The van der Waals surface area contributed by atoms with Gasteiger partial charge in [-0.1, -0.05) is 6.07 Å². The SMILES string of the molecule is Cc1cc(F)ccc1C1CN(C(=O)C(N)=O)CCC1C(=O)N(C1CC1)C(C)c1cc(C(F)(F)F)cc(C(F)(F)F)c1. The van der Waals surface area contributed by atoms with Gasteiger partial charge in [0.25, 0.3) is 0 Å². The quantitative estimate of drug-likeness (QED) is 0.379. The molecular formula is C28H28F7N3O3. The van der Waals surface area contributed by atoms with Gasteiger partial charge in [0.15, 0.2) is 0 Å². The zero-order valence-electron chi connectivity index (χ0n) is 22.2. The summed E-state index contributed by atoms with van der Waals surface area (Å²) >= 11 is 0. The number of aryl methyl sites for hydroxylation is 1. The number of nitrogens with zero attached hydrogens (tertiary/aromatic N) is 2. The zero-order valence-corrected chi connectivity index (χ0v) is 22.2. The molecule has 1 aliphatic carbocycles. The molecule has 2 fully saturated rings. The first-order chi connectivity index (χ1) is 19.0. The molecule has 2 aliphatic rings. The summed E-state index contributed by atoms with van der Waals surface area (Å²) in [6.07, 6.45) is -9.02. The number of carbonyl (C=O) groups is 3. The number of carbonyl (C=O) groups excluding carboxylic acids is 3. The van der Waals surface area contributed by atoms with Gasteiger partial charge in [-0.2, -0.15) is 26.3 Å². The van der Waals surface area contributed by atoms with Crippen LogP contribution in [-0.2, 0) is 26.7 Å². The molecule has 0 spiro atoms. The summed E-state index contributed by atoms with van der Waals surface area (Å²) in [7, 11) is 0. The van der Waals surface area contributed by atoms with Crippen LogP contribution in [0.15, 0.2) is 36.4 Å². The Morgan fingerprint density at radius 3 is 2.02 bits per heavy atom. The maximum absolute atomic E-state index is 14.1. The molecule has 2 N–H and O–H groups in total. The molecule has 0 bridgehead atoms. The van der Waals surface area contributed by atoms with Crippen LogP contribution in [0.3, 0.4) is 0 Å². The molecule has 3 unspecified atom stereocenters. The van der Waals surface area contributed by atoms with Gasteiger partial charge in [0, 0.05) is 31.0 Å². The molecule has 3 atom stereocenters. The molecule has 0 radical (unpaired) electrons. The molecule has 4 rings (SSSR count). The van der Waals surface area contributed by atoms with Crippen LogP contribution >= 0.6 is 0 Å². The highest BCUT2D eigenvalue weighted by molar-refractivity contribution is 6.34. The van der Waals surface area contributed by atoms with E-state index in [4.69, 9.17) is 5.73 Å². The first-order valence-corrected chi connectivity index (χ1v) is 12.9. The van der Waals surface area contributed by atoms with Crippen LogP contribution in [0, 0.1) is 18.7 Å². The lowest BCUT2D eigenvalue weighted by molar-refractivity contribution is -0.148. The summed E-state index contributed by atoms with van der Waals surface area (Å²) in [6, 6.07) is 3.63. The second-order valence-electron chi connectivity index (χ2n) is 10.6. The zero-order chi connectivity index (χ0) is 30.4. The first-order valence-electron chi connectivity index (χ1n) is 12.9. The third-order valence-corrected chi connectivity index (χ3v) is 7.76. The fraction of sp³-hybridized carbons (Fsp3) is 0.464. The van der Waals surface area contributed by atoms with Crippen LogP contribution in [0.5, 0.6) is 0 Å². The van der Waals surface area contributed by atoms with Crippen LogP contribution in [0.2, 0.25) is 0 Å². The molecule has 1 aliphatic heterocycles. The first kappa shape index (κ1) is 30.3. The molecule has 13 heteroatoms.